The molecule has 106 valence electrons. The summed E-state index contributed by atoms with van der Waals surface area (Å²) in [6, 6.07) is 14.9. The SMILES string of the molecule is CC(CCNCc1ccc(O)c(F)c1)c1ccccc1. The van der Waals surface area contributed by atoms with Crippen molar-refractivity contribution in [3.63, 3.8) is 0 Å². The lowest BCUT2D eigenvalue weighted by Gasteiger charge is -2.12. The molecule has 0 saturated heterocycles. The van der Waals surface area contributed by atoms with Crippen molar-refractivity contribution in [2.45, 2.75) is 25.8 Å². The Morgan fingerprint density at radius 1 is 1.15 bits per heavy atom. The van der Waals surface area contributed by atoms with Crippen molar-refractivity contribution in [1.29, 1.82) is 0 Å². The molecule has 0 aliphatic heterocycles. The van der Waals surface area contributed by atoms with Crippen LogP contribution in [0.5, 0.6) is 5.75 Å². The molecule has 2 nitrogen and oxygen atoms in total. The second kappa shape index (κ2) is 7.06. The Morgan fingerprint density at radius 3 is 2.60 bits per heavy atom. The van der Waals surface area contributed by atoms with Crippen LogP contribution in [0.4, 0.5) is 4.39 Å². The van der Waals surface area contributed by atoms with Gasteiger partial charge in [-0.15, -0.1) is 0 Å². The molecule has 2 aromatic rings. The maximum atomic E-state index is 13.2. The van der Waals surface area contributed by atoms with Gasteiger partial charge in [0.2, 0.25) is 0 Å². The monoisotopic (exact) mass is 273 g/mol. The highest BCUT2D eigenvalue weighted by atomic mass is 19.1. The molecule has 0 aromatic heterocycles. The van der Waals surface area contributed by atoms with E-state index in [9.17, 15) is 4.39 Å². The summed E-state index contributed by atoms with van der Waals surface area (Å²) in [6.45, 7) is 3.69. The molecule has 0 fully saturated rings. The number of aromatic hydroxyl groups is 1. The number of nitrogens with one attached hydrogen (secondary N) is 1. The van der Waals surface area contributed by atoms with E-state index >= 15 is 0 Å². The van der Waals surface area contributed by atoms with Gasteiger partial charge in [0.05, 0.1) is 0 Å². The van der Waals surface area contributed by atoms with Crippen LogP contribution in [0.1, 0.15) is 30.4 Å². The second-order valence-corrected chi connectivity index (χ2v) is 5.06. The highest BCUT2D eigenvalue weighted by molar-refractivity contribution is 5.27. The maximum absolute atomic E-state index is 13.2. The first-order valence-electron chi connectivity index (χ1n) is 6.90. The third-order valence-electron chi connectivity index (χ3n) is 3.46. The van der Waals surface area contributed by atoms with Crippen LogP contribution >= 0.6 is 0 Å². The Kier molecular flexibility index (Phi) is 5.13. The maximum Gasteiger partial charge on any atom is 0.165 e. The van der Waals surface area contributed by atoms with Crippen LogP contribution in [-0.4, -0.2) is 11.7 Å². The molecule has 2 N–H and O–H groups in total. The second-order valence-electron chi connectivity index (χ2n) is 5.06. The third-order valence-corrected chi connectivity index (χ3v) is 3.46. The van der Waals surface area contributed by atoms with E-state index in [0.717, 1.165) is 18.5 Å². The van der Waals surface area contributed by atoms with Crippen LogP contribution in [0.15, 0.2) is 48.5 Å². The number of rotatable bonds is 6. The van der Waals surface area contributed by atoms with Crippen LogP contribution in [0.3, 0.4) is 0 Å². The number of hydrogen-bond donors (Lipinski definition) is 2. The first kappa shape index (κ1) is 14.5. The molecule has 0 bridgehead atoms. The van der Waals surface area contributed by atoms with Crippen molar-refractivity contribution in [2.24, 2.45) is 0 Å². The minimum Gasteiger partial charge on any atom is -0.505 e. The van der Waals surface area contributed by atoms with Crippen molar-refractivity contribution in [3.8, 4) is 5.75 Å². The number of phenolic OH excluding ortho intramolecular Hbond substituents is 1. The molecule has 0 aliphatic carbocycles. The summed E-state index contributed by atoms with van der Waals surface area (Å²) < 4.78 is 13.2. The van der Waals surface area contributed by atoms with Crippen molar-refractivity contribution in [3.05, 3.63) is 65.5 Å². The molecule has 3 heteroatoms. The van der Waals surface area contributed by atoms with E-state index in [1.807, 2.05) is 6.07 Å². The minimum atomic E-state index is -0.568. The Morgan fingerprint density at radius 2 is 1.90 bits per heavy atom. The smallest absolute Gasteiger partial charge is 0.165 e. The average molecular weight is 273 g/mol. The van der Waals surface area contributed by atoms with Gasteiger partial charge in [0.1, 0.15) is 0 Å². The normalized spacial score (nSPS) is 12.3. The Hall–Kier alpha value is -1.87. The first-order chi connectivity index (χ1) is 9.66. The largest absolute Gasteiger partial charge is 0.505 e. The van der Waals surface area contributed by atoms with Gasteiger partial charge in [-0.1, -0.05) is 43.3 Å². The van der Waals surface area contributed by atoms with Gasteiger partial charge in [-0.3, -0.25) is 0 Å². The van der Waals surface area contributed by atoms with E-state index in [-0.39, 0.29) is 5.75 Å². The van der Waals surface area contributed by atoms with E-state index in [1.54, 1.807) is 6.07 Å². The van der Waals surface area contributed by atoms with Gasteiger partial charge in [-0.05, 0) is 42.1 Å². The van der Waals surface area contributed by atoms with Crippen LogP contribution in [0, 0.1) is 5.82 Å². The molecule has 1 unspecified atom stereocenters. The van der Waals surface area contributed by atoms with E-state index in [2.05, 4.69) is 36.5 Å². The van der Waals surface area contributed by atoms with Crippen molar-refractivity contribution in [2.75, 3.05) is 6.54 Å². The molecule has 0 heterocycles. The summed E-state index contributed by atoms with van der Waals surface area (Å²) in [5, 5.41) is 12.4. The summed E-state index contributed by atoms with van der Waals surface area (Å²) in [6.07, 6.45) is 1.03. The summed E-state index contributed by atoms with van der Waals surface area (Å²) in [5.41, 5.74) is 2.18. The highest BCUT2D eigenvalue weighted by Crippen LogP contribution is 2.18. The zero-order valence-corrected chi connectivity index (χ0v) is 11.6. The summed E-state index contributed by atoms with van der Waals surface area (Å²) >= 11 is 0. The van der Waals surface area contributed by atoms with Gasteiger partial charge in [0.25, 0.3) is 0 Å². The fraction of sp³-hybridized carbons (Fsp3) is 0.294. The third kappa shape index (κ3) is 4.07. The lowest BCUT2D eigenvalue weighted by molar-refractivity contribution is 0.431. The number of hydrogen-bond acceptors (Lipinski definition) is 2. The first-order valence-corrected chi connectivity index (χ1v) is 6.90. The van der Waals surface area contributed by atoms with Crippen LogP contribution in [0.2, 0.25) is 0 Å². The highest BCUT2D eigenvalue weighted by Gasteiger charge is 2.05. The molecule has 2 aromatic carbocycles. The topological polar surface area (TPSA) is 32.3 Å². The van der Waals surface area contributed by atoms with E-state index in [0.29, 0.717) is 12.5 Å². The van der Waals surface area contributed by atoms with Gasteiger partial charge < -0.3 is 10.4 Å². The number of halogens is 1. The van der Waals surface area contributed by atoms with Gasteiger partial charge in [0.15, 0.2) is 11.6 Å². The van der Waals surface area contributed by atoms with Crippen molar-refractivity contribution in [1.82, 2.24) is 5.32 Å². The predicted octanol–water partition coefficient (Wildman–Crippen LogP) is 3.81. The van der Waals surface area contributed by atoms with E-state index in [1.165, 1.54) is 17.7 Å². The van der Waals surface area contributed by atoms with Crippen LogP contribution < -0.4 is 5.32 Å². The standard InChI is InChI=1S/C17H20FNO/c1-13(15-5-3-2-4-6-15)9-10-19-12-14-7-8-17(20)16(18)11-14/h2-8,11,13,19-20H,9-10,12H2,1H3. The zero-order chi connectivity index (χ0) is 14.4. The summed E-state index contributed by atoms with van der Waals surface area (Å²) in [4.78, 5) is 0. The fourth-order valence-corrected chi connectivity index (χ4v) is 2.16. The van der Waals surface area contributed by atoms with Gasteiger partial charge in [0, 0.05) is 6.54 Å². The molecule has 0 saturated carbocycles. The lowest BCUT2D eigenvalue weighted by atomic mass is 9.98. The van der Waals surface area contributed by atoms with Gasteiger partial charge in [-0.25, -0.2) is 4.39 Å². The molecule has 0 spiro atoms. The lowest BCUT2D eigenvalue weighted by Crippen LogP contribution is -2.16. The van der Waals surface area contributed by atoms with E-state index in [4.69, 9.17) is 5.11 Å². The molecular formula is C17H20FNO. The molecule has 20 heavy (non-hydrogen) atoms. The zero-order valence-electron chi connectivity index (χ0n) is 11.6. The van der Waals surface area contributed by atoms with Crippen LogP contribution in [-0.2, 0) is 6.54 Å². The van der Waals surface area contributed by atoms with Gasteiger partial charge >= 0.3 is 0 Å². The Labute approximate surface area is 119 Å². The summed E-state index contributed by atoms with van der Waals surface area (Å²) in [5.74, 6) is -0.367. The molecular weight excluding hydrogens is 253 g/mol. The Balaban J connectivity index is 1.75. The molecule has 0 amide bonds. The molecule has 1 atom stereocenters. The number of benzene rings is 2. The quantitative estimate of drug-likeness (QED) is 0.784. The molecule has 0 radical (unpaired) electrons. The van der Waals surface area contributed by atoms with Crippen molar-refractivity contribution < 1.29 is 9.50 Å². The minimum absolute atomic E-state index is 0.300. The fourth-order valence-electron chi connectivity index (χ4n) is 2.16. The molecule has 2 rings (SSSR count). The Bertz CT molecular complexity index is 542. The average Bonchev–Trinajstić information content (AvgIpc) is 2.48. The van der Waals surface area contributed by atoms with Crippen LogP contribution in [0.25, 0.3) is 0 Å². The number of phenols is 1. The van der Waals surface area contributed by atoms with Gasteiger partial charge in [-0.2, -0.15) is 0 Å². The van der Waals surface area contributed by atoms with Crippen molar-refractivity contribution >= 4 is 0 Å². The molecule has 0 aliphatic rings. The predicted molar refractivity (Wildman–Crippen MR) is 79.2 cm³/mol. The summed E-state index contributed by atoms with van der Waals surface area (Å²) in [7, 11) is 0. The van der Waals surface area contributed by atoms with E-state index < -0.39 is 5.82 Å².